The molecule has 2 fully saturated rings. The van der Waals surface area contributed by atoms with Crippen molar-refractivity contribution in [1.29, 1.82) is 0 Å². The molecule has 0 spiro atoms. The first-order chi connectivity index (χ1) is 14.4. The average Bonchev–Trinajstić information content (AvgIpc) is 3.41. The molecule has 0 aliphatic heterocycles. The Bertz CT molecular complexity index is 715. The summed E-state index contributed by atoms with van der Waals surface area (Å²) in [7, 11) is 0. The van der Waals surface area contributed by atoms with E-state index in [1.165, 1.54) is 0 Å². The summed E-state index contributed by atoms with van der Waals surface area (Å²) in [4.78, 5) is 37.9. The van der Waals surface area contributed by atoms with Crippen molar-refractivity contribution < 1.29 is 14.4 Å². The van der Waals surface area contributed by atoms with Crippen LogP contribution in [-0.2, 0) is 9.59 Å². The lowest BCUT2D eigenvalue weighted by Crippen LogP contribution is -2.26. The number of nitrogens with one attached hydrogen (secondary N) is 3. The number of rotatable bonds is 8. The van der Waals surface area contributed by atoms with Crippen molar-refractivity contribution in [2.75, 3.05) is 17.2 Å². The van der Waals surface area contributed by atoms with Gasteiger partial charge in [0.15, 0.2) is 0 Å². The molecule has 0 bridgehead atoms. The number of hydrogen-bond donors (Lipinski definition) is 3. The van der Waals surface area contributed by atoms with Crippen molar-refractivity contribution in [2.24, 2.45) is 17.8 Å². The molecule has 3 N–H and O–H groups in total. The van der Waals surface area contributed by atoms with Crippen molar-refractivity contribution in [3.63, 3.8) is 0 Å². The van der Waals surface area contributed by atoms with Crippen LogP contribution in [0, 0.1) is 17.8 Å². The largest absolute Gasteiger partial charge is 0.352 e. The summed E-state index contributed by atoms with van der Waals surface area (Å²) in [5, 5.41) is 8.87. The average molecular weight is 414 g/mol. The van der Waals surface area contributed by atoms with E-state index in [9.17, 15) is 14.4 Å². The third kappa shape index (κ3) is 6.31. The van der Waals surface area contributed by atoms with Crippen LogP contribution < -0.4 is 16.0 Å². The molecule has 2 aliphatic rings. The van der Waals surface area contributed by atoms with Gasteiger partial charge in [0.25, 0.3) is 5.91 Å². The van der Waals surface area contributed by atoms with Gasteiger partial charge in [0.05, 0.1) is 0 Å². The van der Waals surface area contributed by atoms with Crippen molar-refractivity contribution in [1.82, 2.24) is 5.32 Å². The summed E-state index contributed by atoms with van der Waals surface area (Å²) in [6.45, 7) is 4.82. The Morgan fingerprint density at radius 3 is 1.73 bits per heavy atom. The van der Waals surface area contributed by atoms with Gasteiger partial charge in [-0.25, -0.2) is 0 Å². The number of anilines is 2. The lowest BCUT2D eigenvalue weighted by Gasteiger charge is -2.16. The standard InChI is InChI=1S/C24H35N3O3/c1-16(2)11-12-25-22(28)19-13-20(26-23(29)17-7-3-4-8-17)15-21(14-19)27-24(30)18-9-5-6-10-18/h13-18H,3-12H2,1-2H3,(H,25,28)(H,26,29)(H,27,30). The van der Waals surface area contributed by atoms with Crippen molar-refractivity contribution in [3.8, 4) is 0 Å². The first-order valence-electron chi connectivity index (χ1n) is 11.5. The van der Waals surface area contributed by atoms with Gasteiger partial charge >= 0.3 is 0 Å². The molecule has 0 unspecified atom stereocenters. The second kappa shape index (κ2) is 10.6. The highest BCUT2D eigenvalue weighted by atomic mass is 16.2. The van der Waals surface area contributed by atoms with E-state index in [4.69, 9.17) is 0 Å². The zero-order valence-corrected chi connectivity index (χ0v) is 18.3. The monoisotopic (exact) mass is 413 g/mol. The fourth-order valence-corrected chi connectivity index (χ4v) is 4.34. The van der Waals surface area contributed by atoms with Crippen LogP contribution in [0.15, 0.2) is 18.2 Å². The van der Waals surface area contributed by atoms with Crippen LogP contribution in [0.1, 0.15) is 82.0 Å². The second-order valence-corrected chi connectivity index (χ2v) is 9.18. The van der Waals surface area contributed by atoms with E-state index in [0.29, 0.717) is 29.4 Å². The Labute approximate surface area is 179 Å². The van der Waals surface area contributed by atoms with E-state index in [1.807, 2.05) is 0 Å². The quantitative estimate of drug-likeness (QED) is 0.576. The summed E-state index contributed by atoms with van der Waals surface area (Å²) in [5.41, 5.74) is 1.57. The summed E-state index contributed by atoms with van der Waals surface area (Å²) >= 11 is 0. The van der Waals surface area contributed by atoms with E-state index in [1.54, 1.807) is 18.2 Å². The van der Waals surface area contributed by atoms with Gasteiger partial charge < -0.3 is 16.0 Å². The number of benzene rings is 1. The van der Waals surface area contributed by atoms with Crippen LogP contribution in [0.3, 0.4) is 0 Å². The van der Waals surface area contributed by atoms with Gasteiger partial charge in [-0.2, -0.15) is 0 Å². The van der Waals surface area contributed by atoms with Crippen LogP contribution >= 0.6 is 0 Å². The molecule has 0 radical (unpaired) electrons. The first kappa shape index (κ1) is 22.3. The number of carbonyl (C=O) groups excluding carboxylic acids is 3. The third-order valence-electron chi connectivity index (χ3n) is 6.19. The SMILES string of the molecule is CC(C)CCNC(=O)c1cc(NC(=O)C2CCCC2)cc(NC(=O)C2CCCC2)c1. The van der Waals surface area contributed by atoms with Gasteiger partial charge in [0.2, 0.25) is 11.8 Å². The van der Waals surface area contributed by atoms with E-state index in [2.05, 4.69) is 29.8 Å². The topological polar surface area (TPSA) is 87.3 Å². The number of amides is 3. The molecule has 30 heavy (non-hydrogen) atoms. The predicted molar refractivity (Wildman–Crippen MR) is 119 cm³/mol. The van der Waals surface area contributed by atoms with Crippen LogP contribution in [0.25, 0.3) is 0 Å². The zero-order chi connectivity index (χ0) is 21.5. The maximum Gasteiger partial charge on any atom is 0.251 e. The molecule has 2 saturated carbocycles. The maximum absolute atomic E-state index is 12.7. The third-order valence-corrected chi connectivity index (χ3v) is 6.19. The van der Waals surface area contributed by atoms with E-state index in [-0.39, 0.29) is 29.6 Å². The smallest absolute Gasteiger partial charge is 0.251 e. The molecule has 6 nitrogen and oxygen atoms in total. The Balaban J connectivity index is 1.74. The molecule has 3 rings (SSSR count). The van der Waals surface area contributed by atoms with Gasteiger partial charge in [0, 0.05) is 35.3 Å². The molecule has 0 heterocycles. The van der Waals surface area contributed by atoms with Crippen LogP contribution in [-0.4, -0.2) is 24.3 Å². The highest BCUT2D eigenvalue weighted by Crippen LogP contribution is 2.29. The van der Waals surface area contributed by atoms with Gasteiger partial charge in [0.1, 0.15) is 0 Å². The van der Waals surface area contributed by atoms with E-state index >= 15 is 0 Å². The molecule has 0 atom stereocenters. The maximum atomic E-state index is 12.7. The van der Waals surface area contributed by atoms with Crippen molar-refractivity contribution >= 4 is 29.1 Å². The highest BCUT2D eigenvalue weighted by molar-refractivity contribution is 6.01. The van der Waals surface area contributed by atoms with Crippen LogP contribution in [0.4, 0.5) is 11.4 Å². The number of hydrogen-bond acceptors (Lipinski definition) is 3. The number of carbonyl (C=O) groups is 3. The molecule has 6 heteroatoms. The van der Waals surface area contributed by atoms with Crippen LogP contribution in [0.2, 0.25) is 0 Å². The molecule has 1 aromatic carbocycles. The van der Waals surface area contributed by atoms with Crippen molar-refractivity contribution in [3.05, 3.63) is 23.8 Å². The minimum absolute atomic E-state index is 0.00191. The van der Waals surface area contributed by atoms with Gasteiger partial charge in [-0.1, -0.05) is 39.5 Å². The van der Waals surface area contributed by atoms with Gasteiger partial charge in [-0.3, -0.25) is 14.4 Å². The lowest BCUT2D eigenvalue weighted by molar-refractivity contribution is -0.120. The lowest BCUT2D eigenvalue weighted by atomic mass is 10.1. The first-order valence-corrected chi connectivity index (χ1v) is 11.5. The molecular formula is C24H35N3O3. The normalized spacial score (nSPS) is 17.3. The van der Waals surface area contributed by atoms with E-state index in [0.717, 1.165) is 57.8 Å². The highest BCUT2D eigenvalue weighted by Gasteiger charge is 2.25. The Hall–Kier alpha value is -2.37. The minimum atomic E-state index is -0.191. The molecule has 0 aromatic heterocycles. The summed E-state index contributed by atoms with van der Waals surface area (Å²) in [6.07, 6.45) is 8.86. The molecule has 2 aliphatic carbocycles. The molecular weight excluding hydrogens is 378 g/mol. The molecule has 3 amide bonds. The fraction of sp³-hybridized carbons (Fsp3) is 0.625. The Morgan fingerprint density at radius 1 is 0.833 bits per heavy atom. The predicted octanol–water partition coefficient (Wildman–Crippen LogP) is 4.72. The minimum Gasteiger partial charge on any atom is -0.352 e. The van der Waals surface area contributed by atoms with Gasteiger partial charge in [-0.05, 0) is 56.2 Å². The molecule has 1 aromatic rings. The summed E-state index contributed by atoms with van der Waals surface area (Å²) in [6, 6.07) is 5.15. The summed E-state index contributed by atoms with van der Waals surface area (Å²) < 4.78 is 0. The van der Waals surface area contributed by atoms with Gasteiger partial charge in [-0.15, -0.1) is 0 Å². The molecule has 164 valence electrons. The second-order valence-electron chi connectivity index (χ2n) is 9.18. The van der Waals surface area contributed by atoms with E-state index < -0.39 is 0 Å². The van der Waals surface area contributed by atoms with Crippen LogP contribution in [0.5, 0.6) is 0 Å². The Morgan fingerprint density at radius 2 is 1.30 bits per heavy atom. The molecule has 0 saturated heterocycles. The zero-order valence-electron chi connectivity index (χ0n) is 18.3. The Kier molecular flexibility index (Phi) is 7.88. The summed E-state index contributed by atoms with van der Waals surface area (Å²) in [5.74, 6) is 0.374. The van der Waals surface area contributed by atoms with Crippen molar-refractivity contribution in [2.45, 2.75) is 71.6 Å². The fourth-order valence-electron chi connectivity index (χ4n) is 4.34.